The zero-order chi connectivity index (χ0) is 18.7. The van der Waals surface area contributed by atoms with Crippen LogP contribution in [0.4, 0.5) is 4.39 Å². The van der Waals surface area contributed by atoms with Gasteiger partial charge in [-0.25, -0.2) is 4.39 Å². The van der Waals surface area contributed by atoms with E-state index in [1.165, 1.54) is 29.2 Å². The molecule has 0 bridgehead atoms. The van der Waals surface area contributed by atoms with E-state index in [0.29, 0.717) is 26.1 Å². The van der Waals surface area contributed by atoms with Crippen molar-refractivity contribution in [3.05, 3.63) is 64.4 Å². The molecule has 5 nitrogen and oxygen atoms in total. The van der Waals surface area contributed by atoms with E-state index < -0.39 is 11.7 Å². The standard InChI is InChI=1S/C19H18ClFN2O3/c20-14-6-3-7-15(21)17(14)19(26)23-10-4-9-22(11-12-23)18(25)13-5-1-2-8-16(13)24/h1-3,5-8,24H,4,9-12H2. The van der Waals surface area contributed by atoms with Crippen LogP contribution in [-0.4, -0.2) is 52.9 Å². The number of hydrogen-bond acceptors (Lipinski definition) is 3. The molecule has 0 saturated carbocycles. The van der Waals surface area contributed by atoms with Crippen molar-refractivity contribution in [3.8, 4) is 5.75 Å². The van der Waals surface area contributed by atoms with E-state index >= 15 is 0 Å². The molecule has 0 radical (unpaired) electrons. The summed E-state index contributed by atoms with van der Waals surface area (Å²) in [5.74, 6) is -1.51. The number of rotatable bonds is 2. The fraction of sp³-hybridized carbons (Fsp3) is 0.263. The lowest BCUT2D eigenvalue weighted by Crippen LogP contribution is -2.37. The van der Waals surface area contributed by atoms with Gasteiger partial charge in [0.2, 0.25) is 0 Å². The third-order valence-corrected chi connectivity index (χ3v) is 4.70. The van der Waals surface area contributed by atoms with Gasteiger partial charge in [0.15, 0.2) is 0 Å². The number of phenols is 1. The van der Waals surface area contributed by atoms with Crippen LogP contribution in [0.3, 0.4) is 0 Å². The third-order valence-electron chi connectivity index (χ3n) is 4.38. The molecule has 1 heterocycles. The average molecular weight is 377 g/mol. The van der Waals surface area contributed by atoms with E-state index in [2.05, 4.69) is 0 Å². The van der Waals surface area contributed by atoms with Crippen LogP contribution in [0, 0.1) is 5.82 Å². The Morgan fingerprint density at radius 1 is 0.923 bits per heavy atom. The van der Waals surface area contributed by atoms with Crippen LogP contribution in [0.15, 0.2) is 42.5 Å². The molecule has 1 aliphatic heterocycles. The van der Waals surface area contributed by atoms with Gasteiger partial charge < -0.3 is 14.9 Å². The number of phenolic OH excluding ortho intramolecular Hbond substituents is 1. The maximum Gasteiger partial charge on any atom is 0.258 e. The first-order chi connectivity index (χ1) is 12.5. The number of para-hydroxylation sites is 1. The summed E-state index contributed by atoms with van der Waals surface area (Å²) in [5, 5.41) is 9.93. The minimum absolute atomic E-state index is 0.0707. The van der Waals surface area contributed by atoms with Crippen molar-refractivity contribution < 1.29 is 19.1 Å². The highest BCUT2D eigenvalue weighted by Crippen LogP contribution is 2.22. The number of carbonyl (C=O) groups excluding carboxylic acids is 2. The molecule has 1 fully saturated rings. The molecule has 2 amide bonds. The van der Waals surface area contributed by atoms with E-state index in [9.17, 15) is 19.1 Å². The molecular weight excluding hydrogens is 359 g/mol. The van der Waals surface area contributed by atoms with Gasteiger partial charge in [-0.1, -0.05) is 29.8 Å². The number of carbonyl (C=O) groups is 2. The summed E-state index contributed by atoms with van der Waals surface area (Å²) in [4.78, 5) is 28.4. The summed E-state index contributed by atoms with van der Waals surface area (Å²) in [7, 11) is 0. The lowest BCUT2D eigenvalue weighted by atomic mass is 10.1. The number of aromatic hydroxyl groups is 1. The molecule has 0 spiro atoms. The summed E-state index contributed by atoms with van der Waals surface area (Å²) in [6.07, 6.45) is 0.553. The number of hydrogen-bond donors (Lipinski definition) is 1. The van der Waals surface area contributed by atoms with Gasteiger partial charge in [0.1, 0.15) is 11.6 Å². The molecule has 2 aromatic rings. The van der Waals surface area contributed by atoms with E-state index in [1.54, 1.807) is 23.1 Å². The Balaban J connectivity index is 1.73. The predicted octanol–water partition coefficient (Wildman–Crippen LogP) is 3.17. The SMILES string of the molecule is O=C(c1ccccc1O)N1CCCN(C(=O)c2c(F)cccc2Cl)CC1. The number of halogens is 2. The van der Waals surface area contributed by atoms with E-state index in [-0.39, 0.29) is 34.4 Å². The first kappa shape index (κ1) is 18.2. The maximum atomic E-state index is 14.0. The molecule has 0 aliphatic carbocycles. The van der Waals surface area contributed by atoms with Crippen LogP contribution in [-0.2, 0) is 0 Å². The van der Waals surface area contributed by atoms with E-state index in [1.807, 2.05) is 0 Å². The second-order valence-corrected chi connectivity index (χ2v) is 6.46. The second-order valence-electron chi connectivity index (χ2n) is 6.05. The van der Waals surface area contributed by atoms with Gasteiger partial charge in [-0.3, -0.25) is 9.59 Å². The first-order valence-electron chi connectivity index (χ1n) is 8.29. The van der Waals surface area contributed by atoms with Gasteiger partial charge in [0.05, 0.1) is 16.1 Å². The quantitative estimate of drug-likeness (QED) is 0.875. The topological polar surface area (TPSA) is 60.9 Å². The summed E-state index contributed by atoms with van der Waals surface area (Å²) in [6.45, 7) is 1.41. The fourth-order valence-corrected chi connectivity index (χ4v) is 3.25. The molecule has 26 heavy (non-hydrogen) atoms. The highest BCUT2D eigenvalue weighted by atomic mass is 35.5. The Kier molecular flexibility index (Phi) is 5.42. The molecule has 1 saturated heterocycles. The van der Waals surface area contributed by atoms with Crippen LogP contribution in [0.1, 0.15) is 27.1 Å². The van der Waals surface area contributed by atoms with Gasteiger partial charge in [-0.15, -0.1) is 0 Å². The Morgan fingerprint density at radius 2 is 1.58 bits per heavy atom. The highest BCUT2D eigenvalue weighted by Gasteiger charge is 2.27. The Bertz CT molecular complexity index is 823. The minimum atomic E-state index is -0.658. The highest BCUT2D eigenvalue weighted by molar-refractivity contribution is 6.33. The lowest BCUT2D eigenvalue weighted by Gasteiger charge is -2.23. The van der Waals surface area contributed by atoms with Gasteiger partial charge in [0, 0.05) is 26.2 Å². The Labute approximate surface area is 155 Å². The molecule has 0 atom stereocenters. The summed E-state index contributed by atoms with van der Waals surface area (Å²) < 4.78 is 14.0. The number of amides is 2. The molecule has 0 aromatic heterocycles. The minimum Gasteiger partial charge on any atom is -0.507 e. The molecular formula is C19H18ClFN2O3. The normalized spacial score (nSPS) is 14.8. The van der Waals surface area contributed by atoms with Crippen molar-refractivity contribution in [1.29, 1.82) is 0 Å². The van der Waals surface area contributed by atoms with Crippen molar-refractivity contribution in [1.82, 2.24) is 9.80 Å². The van der Waals surface area contributed by atoms with Crippen LogP contribution in [0.2, 0.25) is 5.02 Å². The first-order valence-corrected chi connectivity index (χ1v) is 8.67. The van der Waals surface area contributed by atoms with Crippen molar-refractivity contribution >= 4 is 23.4 Å². The van der Waals surface area contributed by atoms with E-state index in [0.717, 1.165) is 0 Å². The zero-order valence-corrected chi connectivity index (χ0v) is 14.7. The molecule has 136 valence electrons. The summed E-state index contributed by atoms with van der Waals surface area (Å²) >= 11 is 5.98. The van der Waals surface area contributed by atoms with Crippen molar-refractivity contribution in [3.63, 3.8) is 0 Å². The molecule has 2 aromatic carbocycles. The second kappa shape index (κ2) is 7.74. The largest absolute Gasteiger partial charge is 0.507 e. The van der Waals surface area contributed by atoms with Crippen molar-refractivity contribution in [2.45, 2.75) is 6.42 Å². The van der Waals surface area contributed by atoms with E-state index in [4.69, 9.17) is 11.6 Å². The van der Waals surface area contributed by atoms with Crippen LogP contribution in [0.25, 0.3) is 0 Å². The van der Waals surface area contributed by atoms with Gasteiger partial charge >= 0.3 is 0 Å². The van der Waals surface area contributed by atoms with Crippen LogP contribution >= 0.6 is 11.6 Å². The molecule has 1 aliphatic rings. The summed E-state index contributed by atoms with van der Waals surface area (Å²) in [5.41, 5.74) is 0.0825. The van der Waals surface area contributed by atoms with Gasteiger partial charge in [0.25, 0.3) is 11.8 Å². The van der Waals surface area contributed by atoms with Gasteiger partial charge in [-0.05, 0) is 30.7 Å². The predicted molar refractivity (Wildman–Crippen MR) is 95.9 cm³/mol. The van der Waals surface area contributed by atoms with Gasteiger partial charge in [-0.2, -0.15) is 0 Å². The fourth-order valence-electron chi connectivity index (χ4n) is 3.01. The van der Waals surface area contributed by atoms with Crippen LogP contribution in [0.5, 0.6) is 5.75 Å². The number of nitrogens with zero attached hydrogens (tertiary/aromatic N) is 2. The lowest BCUT2D eigenvalue weighted by molar-refractivity contribution is 0.0714. The Morgan fingerprint density at radius 3 is 2.23 bits per heavy atom. The monoisotopic (exact) mass is 376 g/mol. The molecule has 0 unspecified atom stereocenters. The third kappa shape index (κ3) is 3.65. The smallest absolute Gasteiger partial charge is 0.258 e. The zero-order valence-electron chi connectivity index (χ0n) is 14.0. The molecule has 7 heteroatoms. The van der Waals surface area contributed by atoms with Crippen molar-refractivity contribution in [2.24, 2.45) is 0 Å². The van der Waals surface area contributed by atoms with Crippen LogP contribution < -0.4 is 0 Å². The molecule has 1 N–H and O–H groups in total. The summed E-state index contributed by atoms with van der Waals surface area (Å²) in [6, 6.07) is 10.5. The Hall–Kier alpha value is -2.60. The maximum absolute atomic E-state index is 14.0. The average Bonchev–Trinajstić information content (AvgIpc) is 2.87. The number of benzene rings is 2. The molecule has 3 rings (SSSR count). The van der Waals surface area contributed by atoms with Crippen molar-refractivity contribution in [2.75, 3.05) is 26.2 Å².